The SMILES string of the molecule is CC(C)(C)OC=O.Nc1cn[nH]c1C(=O)NN1CCCCC1. The van der Waals surface area contributed by atoms with Crippen LogP contribution in [0.15, 0.2) is 6.20 Å². The number of ether oxygens (including phenoxy) is 1. The molecule has 2 rings (SSSR count). The van der Waals surface area contributed by atoms with Crippen LogP contribution in [0.25, 0.3) is 0 Å². The van der Waals surface area contributed by atoms with E-state index in [9.17, 15) is 9.59 Å². The quantitative estimate of drug-likeness (QED) is 0.720. The third-order valence-electron chi connectivity index (χ3n) is 2.91. The molecule has 0 saturated carbocycles. The topological polar surface area (TPSA) is 113 Å². The molecule has 1 fully saturated rings. The Morgan fingerprint density at radius 1 is 1.41 bits per heavy atom. The van der Waals surface area contributed by atoms with E-state index in [1.54, 1.807) is 0 Å². The number of hydrogen-bond donors (Lipinski definition) is 3. The molecule has 2 heterocycles. The Balaban J connectivity index is 0.000000295. The van der Waals surface area contributed by atoms with Crippen molar-refractivity contribution in [3.63, 3.8) is 0 Å². The number of piperidine rings is 1. The first-order valence-corrected chi connectivity index (χ1v) is 7.29. The molecule has 8 heteroatoms. The monoisotopic (exact) mass is 311 g/mol. The first-order valence-electron chi connectivity index (χ1n) is 7.29. The van der Waals surface area contributed by atoms with Gasteiger partial charge in [-0.1, -0.05) is 6.42 Å². The normalized spacial score (nSPS) is 15.4. The molecule has 0 radical (unpaired) electrons. The van der Waals surface area contributed by atoms with Gasteiger partial charge in [-0.2, -0.15) is 5.10 Å². The molecule has 1 saturated heterocycles. The summed E-state index contributed by atoms with van der Waals surface area (Å²) in [5, 5.41) is 8.21. The maximum atomic E-state index is 11.7. The lowest BCUT2D eigenvalue weighted by Gasteiger charge is -2.26. The molecule has 1 aromatic heterocycles. The van der Waals surface area contributed by atoms with E-state index in [4.69, 9.17) is 5.73 Å². The van der Waals surface area contributed by atoms with Gasteiger partial charge >= 0.3 is 0 Å². The van der Waals surface area contributed by atoms with E-state index in [1.165, 1.54) is 12.6 Å². The zero-order valence-corrected chi connectivity index (χ0v) is 13.4. The molecule has 8 nitrogen and oxygen atoms in total. The van der Waals surface area contributed by atoms with Gasteiger partial charge in [0.25, 0.3) is 12.4 Å². The lowest BCUT2D eigenvalue weighted by molar-refractivity contribution is -0.138. The van der Waals surface area contributed by atoms with Gasteiger partial charge in [0.2, 0.25) is 0 Å². The number of carbonyl (C=O) groups is 2. The van der Waals surface area contributed by atoms with Crippen LogP contribution in [0, 0.1) is 0 Å². The van der Waals surface area contributed by atoms with E-state index in [-0.39, 0.29) is 11.5 Å². The summed E-state index contributed by atoms with van der Waals surface area (Å²) in [5.41, 5.74) is 8.77. The van der Waals surface area contributed by atoms with Crippen LogP contribution in [-0.2, 0) is 9.53 Å². The molecule has 0 aliphatic carbocycles. The predicted octanol–water partition coefficient (Wildman–Crippen LogP) is 1.08. The predicted molar refractivity (Wildman–Crippen MR) is 82.8 cm³/mol. The second-order valence-corrected chi connectivity index (χ2v) is 6.02. The number of nitrogens with two attached hydrogens (primary N) is 1. The van der Waals surface area contributed by atoms with Gasteiger partial charge in [0.15, 0.2) is 0 Å². The van der Waals surface area contributed by atoms with Gasteiger partial charge in [0, 0.05) is 13.1 Å². The number of anilines is 1. The van der Waals surface area contributed by atoms with Crippen molar-refractivity contribution >= 4 is 18.1 Å². The minimum atomic E-state index is -0.318. The van der Waals surface area contributed by atoms with E-state index in [0.29, 0.717) is 17.9 Å². The Hall–Kier alpha value is -2.09. The van der Waals surface area contributed by atoms with Crippen LogP contribution in [0.4, 0.5) is 5.69 Å². The fourth-order valence-corrected chi connectivity index (χ4v) is 1.83. The van der Waals surface area contributed by atoms with Crippen molar-refractivity contribution in [3.05, 3.63) is 11.9 Å². The summed E-state index contributed by atoms with van der Waals surface area (Å²) in [6, 6.07) is 0. The van der Waals surface area contributed by atoms with Crippen LogP contribution >= 0.6 is 0 Å². The van der Waals surface area contributed by atoms with Crippen LogP contribution in [0.3, 0.4) is 0 Å². The van der Waals surface area contributed by atoms with Crippen molar-refractivity contribution in [2.75, 3.05) is 18.8 Å². The molecule has 4 N–H and O–H groups in total. The molecule has 1 aromatic rings. The van der Waals surface area contributed by atoms with E-state index >= 15 is 0 Å². The van der Waals surface area contributed by atoms with Gasteiger partial charge in [0.1, 0.15) is 11.3 Å². The minimum absolute atomic E-state index is 0.216. The first-order chi connectivity index (χ1) is 10.3. The molecular weight excluding hydrogens is 286 g/mol. The molecule has 0 aromatic carbocycles. The number of nitrogen functional groups attached to an aromatic ring is 1. The number of nitrogens with one attached hydrogen (secondary N) is 2. The van der Waals surface area contributed by atoms with Crippen LogP contribution in [-0.4, -0.2) is 46.3 Å². The number of hydrazine groups is 1. The highest BCUT2D eigenvalue weighted by Crippen LogP contribution is 2.09. The Bertz CT molecular complexity index is 475. The molecule has 0 bridgehead atoms. The van der Waals surface area contributed by atoms with Gasteiger partial charge in [-0.05, 0) is 33.6 Å². The number of H-pyrrole nitrogens is 1. The van der Waals surface area contributed by atoms with Gasteiger partial charge in [-0.25, -0.2) is 5.01 Å². The maximum absolute atomic E-state index is 11.7. The highest BCUT2D eigenvalue weighted by molar-refractivity contribution is 5.96. The molecule has 22 heavy (non-hydrogen) atoms. The van der Waals surface area contributed by atoms with Crippen molar-refractivity contribution in [3.8, 4) is 0 Å². The molecule has 124 valence electrons. The van der Waals surface area contributed by atoms with E-state index in [2.05, 4.69) is 20.4 Å². The molecule has 0 spiro atoms. The lowest BCUT2D eigenvalue weighted by Crippen LogP contribution is -2.45. The van der Waals surface area contributed by atoms with Gasteiger partial charge < -0.3 is 10.5 Å². The number of amides is 1. The summed E-state index contributed by atoms with van der Waals surface area (Å²) in [4.78, 5) is 21.3. The van der Waals surface area contributed by atoms with Crippen molar-refractivity contribution in [2.24, 2.45) is 0 Å². The van der Waals surface area contributed by atoms with Crippen molar-refractivity contribution in [2.45, 2.75) is 45.6 Å². The molecule has 1 aliphatic heterocycles. The highest BCUT2D eigenvalue weighted by atomic mass is 16.5. The summed E-state index contributed by atoms with van der Waals surface area (Å²) in [6.07, 6.45) is 4.92. The average molecular weight is 311 g/mol. The first kappa shape index (κ1) is 18.0. The van der Waals surface area contributed by atoms with Crippen LogP contribution < -0.4 is 11.2 Å². The third-order valence-corrected chi connectivity index (χ3v) is 2.91. The summed E-state index contributed by atoms with van der Waals surface area (Å²) in [7, 11) is 0. The van der Waals surface area contributed by atoms with E-state index in [1.807, 2.05) is 25.8 Å². The summed E-state index contributed by atoms with van der Waals surface area (Å²) >= 11 is 0. The largest absolute Gasteiger partial charge is 0.462 e. The number of carbonyl (C=O) groups excluding carboxylic acids is 2. The van der Waals surface area contributed by atoms with Gasteiger partial charge in [0.05, 0.1) is 11.9 Å². The summed E-state index contributed by atoms with van der Waals surface area (Å²) < 4.78 is 4.55. The van der Waals surface area contributed by atoms with Crippen LogP contribution in [0.2, 0.25) is 0 Å². The van der Waals surface area contributed by atoms with Gasteiger partial charge in [-0.15, -0.1) is 0 Å². The molecule has 1 amide bonds. The second kappa shape index (κ2) is 8.38. The molecular formula is C14H25N5O3. The fraction of sp³-hybridized carbons (Fsp3) is 0.643. The molecule has 0 unspecified atom stereocenters. The fourth-order valence-electron chi connectivity index (χ4n) is 1.83. The number of aromatic amines is 1. The number of nitrogens with zero attached hydrogens (tertiary/aromatic N) is 2. The Kier molecular flexibility index (Phi) is 6.84. The number of hydrogen-bond acceptors (Lipinski definition) is 6. The van der Waals surface area contributed by atoms with Crippen LogP contribution in [0.5, 0.6) is 0 Å². The Morgan fingerprint density at radius 3 is 2.45 bits per heavy atom. The molecule has 1 aliphatic rings. The van der Waals surface area contributed by atoms with Crippen molar-refractivity contribution < 1.29 is 14.3 Å². The zero-order chi connectivity index (χ0) is 16.6. The second-order valence-electron chi connectivity index (χ2n) is 6.02. The maximum Gasteiger partial charge on any atom is 0.293 e. The number of aromatic nitrogens is 2. The highest BCUT2D eigenvalue weighted by Gasteiger charge is 2.16. The average Bonchev–Trinajstić information content (AvgIpc) is 2.85. The lowest BCUT2D eigenvalue weighted by atomic mass is 10.2. The van der Waals surface area contributed by atoms with Crippen molar-refractivity contribution in [1.29, 1.82) is 0 Å². The van der Waals surface area contributed by atoms with E-state index < -0.39 is 0 Å². The standard InChI is InChI=1S/C9H15N5O.C5H10O2/c10-7-6-11-12-8(7)9(15)13-14-4-2-1-3-5-14;1-5(2,3)7-4-6/h6H,1-5,10H2,(H,11,12)(H,13,15);4H,1-3H3. The third kappa shape index (κ3) is 6.57. The Labute approximate surface area is 130 Å². The zero-order valence-electron chi connectivity index (χ0n) is 13.4. The smallest absolute Gasteiger partial charge is 0.293 e. The molecule has 0 atom stereocenters. The van der Waals surface area contributed by atoms with Gasteiger partial charge in [-0.3, -0.25) is 20.1 Å². The van der Waals surface area contributed by atoms with Crippen molar-refractivity contribution in [1.82, 2.24) is 20.6 Å². The summed E-state index contributed by atoms with van der Waals surface area (Å²) in [5.74, 6) is -0.216. The summed E-state index contributed by atoms with van der Waals surface area (Å²) in [6.45, 7) is 7.73. The minimum Gasteiger partial charge on any atom is -0.462 e. The Morgan fingerprint density at radius 2 is 2.05 bits per heavy atom. The van der Waals surface area contributed by atoms with E-state index in [0.717, 1.165) is 25.9 Å². The number of rotatable bonds is 3. The van der Waals surface area contributed by atoms with Crippen LogP contribution in [0.1, 0.15) is 50.5 Å².